The molecule has 1 aliphatic heterocycles. The van der Waals surface area contributed by atoms with E-state index in [4.69, 9.17) is 21.7 Å². The second kappa shape index (κ2) is 6.99. The monoisotopic (exact) mass is 372 g/mol. The van der Waals surface area contributed by atoms with Crippen LogP contribution in [0.25, 0.3) is 5.69 Å². The van der Waals surface area contributed by atoms with E-state index in [0.717, 1.165) is 34.1 Å². The molecular weight excluding hydrogens is 348 g/mol. The Labute approximate surface area is 159 Å². The zero-order valence-electron chi connectivity index (χ0n) is 15.7. The van der Waals surface area contributed by atoms with Crippen molar-refractivity contribution in [2.75, 3.05) is 6.79 Å². The van der Waals surface area contributed by atoms with Crippen LogP contribution in [0, 0.1) is 13.8 Å². The first kappa shape index (κ1) is 18.3. The molecule has 0 fully saturated rings. The van der Waals surface area contributed by atoms with Crippen LogP contribution in [0.2, 0.25) is 0 Å². The molecular formula is C19H24N4O2S. The molecule has 0 unspecified atom stereocenters. The molecule has 1 aliphatic rings. The summed E-state index contributed by atoms with van der Waals surface area (Å²) in [4.78, 5) is 0. The number of thiocarbonyl (C=S) groups is 1. The number of hydrazone groups is 1. The quantitative estimate of drug-likeness (QED) is 0.491. The van der Waals surface area contributed by atoms with Gasteiger partial charge in [-0.05, 0) is 65.0 Å². The molecule has 0 radical (unpaired) electrons. The van der Waals surface area contributed by atoms with Crippen LogP contribution in [0.3, 0.4) is 0 Å². The highest BCUT2D eigenvalue weighted by Crippen LogP contribution is 2.34. The number of fused-ring (bicyclic) bond motifs is 1. The molecule has 2 aromatic rings. The molecule has 2 N–H and O–H groups in total. The maximum absolute atomic E-state index is 5.48. The minimum atomic E-state index is -0.102. The molecule has 2 heterocycles. The number of aromatic nitrogens is 1. The summed E-state index contributed by atoms with van der Waals surface area (Å²) in [5.41, 5.74) is 7.00. The van der Waals surface area contributed by atoms with Gasteiger partial charge >= 0.3 is 0 Å². The number of nitrogens with zero attached hydrogens (tertiary/aromatic N) is 2. The van der Waals surface area contributed by atoms with Crippen molar-refractivity contribution in [2.45, 2.75) is 40.2 Å². The SMILES string of the molecule is Cc1cc(/C=N\NC(=S)NC(C)(C)C)c(C)n1-c1ccc2c(c1)OCO2. The second-order valence-electron chi connectivity index (χ2n) is 7.27. The molecule has 6 nitrogen and oxygen atoms in total. The molecule has 0 saturated heterocycles. The summed E-state index contributed by atoms with van der Waals surface area (Å²) in [6.07, 6.45) is 1.78. The highest BCUT2D eigenvalue weighted by Gasteiger charge is 2.16. The fourth-order valence-electron chi connectivity index (χ4n) is 2.87. The van der Waals surface area contributed by atoms with Gasteiger partial charge in [-0.25, -0.2) is 0 Å². The van der Waals surface area contributed by atoms with E-state index in [1.165, 1.54) is 0 Å². The maximum atomic E-state index is 5.48. The molecule has 26 heavy (non-hydrogen) atoms. The van der Waals surface area contributed by atoms with E-state index >= 15 is 0 Å². The third-order valence-corrected chi connectivity index (χ3v) is 4.14. The first-order valence-corrected chi connectivity index (χ1v) is 8.85. The fourth-order valence-corrected chi connectivity index (χ4v) is 3.23. The van der Waals surface area contributed by atoms with Gasteiger partial charge < -0.3 is 19.4 Å². The van der Waals surface area contributed by atoms with E-state index < -0.39 is 0 Å². The van der Waals surface area contributed by atoms with Crippen molar-refractivity contribution in [3.8, 4) is 17.2 Å². The third kappa shape index (κ3) is 3.99. The summed E-state index contributed by atoms with van der Waals surface area (Å²) in [6.45, 7) is 10.5. The molecule has 3 rings (SSSR count). The van der Waals surface area contributed by atoms with E-state index in [2.05, 4.69) is 40.3 Å². The Hall–Kier alpha value is -2.54. The summed E-state index contributed by atoms with van der Waals surface area (Å²) in [5.74, 6) is 1.55. The van der Waals surface area contributed by atoms with Crippen molar-refractivity contribution in [2.24, 2.45) is 5.10 Å². The van der Waals surface area contributed by atoms with Crippen LogP contribution in [-0.2, 0) is 0 Å². The number of rotatable bonds is 3. The lowest BCUT2D eigenvalue weighted by atomic mass is 10.1. The van der Waals surface area contributed by atoms with Gasteiger partial charge in [-0.1, -0.05) is 0 Å². The standard InChI is InChI=1S/C19H24N4O2S/c1-12-8-14(10-20-22-18(26)21-19(3,4)5)13(2)23(12)15-6-7-16-17(9-15)25-11-24-16/h6-10H,11H2,1-5H3,(H2,21,22,26)/b20-10-. The van der Waals surface area contributed by atoms with E-state index in [1.807, 2.05) is 39.0 Å². The van der Waals surface area contributed by atoms with Crippen molar-refractivity contribution in [3.63, 3.8) is 0 Å². The number of aryl methyl sites for hydroxylation is 1. The normalized spacial score (nSPS) is 13.3. The van der Waals surface area contributed by atoms with Gasteiger partial charge in [0.05, 0.1) is 6.21 Å². The van der Waals surface area contributed by atoms with Crippen LogP contribution in [0.15, 0.2) is 29.4 Å². The van der Waals surface area contributed by atoms with Gasteiger partial charge in [0, 0.05) is 34.2 Å². The van der Waals surface area contributed by atoms with Crippen molar-refractivity contribution in [1.82, 2.24) is 15.3 Å². The minimum Gasteiger partial charge on any atom is -0.454 e. The van der Waals surface area contributed by atoms with E-state index in [1.54, 1.807) is 6.21 Å². The molecule has 1 aromatic carbocycles. The van der Waals surface area contributed by atoms with Crippen LogP contribution in [0.1, 0.15) is 37.7 Å². The Morgan fingerprint density at radius 3 is 2.65 bits per heavy atom. The molecule has 0 bridgehead atoms. The molecule has 138 valence electrons. The van der Waals surface area contributed by atoms with Crippen molar-refractivity contribution >= 4 is 23.5 Å². The van der Waals surface area contributed by atoms with E-state index in [-0.39, 0.29) is 12.3 Å². The maximum Gasteiger partial charge on any atom is 0.231 e. The van der Waals surface area contributed by atoms with Gasteiger partial charge in [0.15, 0.2) is 16.6 Å². The molecule has 0 atom stereocenters. The van der Waals surface area contributed by atoms with Crippen LogP contribution in [-0.4, -0.2) is 28.2 Å². The van der Waals surface area contributed by atoms with Gasteiger partial charge in [0.2, 0.25) is 6.79 Å². The van der Waals surface area contributed by atoms with E-state index in [0.29, 0.717) is 5.11 Å². The Morgan fingerprint density at radius 2 is 1.92 bits per heavy atom. The Bertz CT molecular complexity index is 865. The van der Waals surface area contributed by atoms with Crippen LogP contribution in [0.5, 0.6) is 11.5 Å². The minimum absolute atomic E-state index is 0.102. The summed E-state index contributed by atoms with van der Waals surface area (Å²) < 4.78 is 13.0. The highest BCUT2D eigenvalue weighted by molar-refractivity contribution is 7.80. The van der Waals surface area contributed by atoms with Gasteiger partial charge in [0.1, 0.15) is 0 Å². The molecule has 0 aliphatic carbocycles. The third-order valence-electron chi connectivity index (χ3n) is 3.94. The predicted octanol–water partition coefficient (Wildman–Crippen LogP) is 3.42. The number of ether oxygens (including phenoxy) is 2. The highest BCUT2D eigenvalue weighted by atomic mass is 32.1. The number of hydrogen-bond donors (Lipinski definition) is 2. The summed E-state index contributed by atoms with van der Waals surface area (Å²) in [5, 5.41) is 7.92. The summed E-state index contributed by atoms with van der Waals surface area (Å²) in [6, 6.07) is 8.03. The average molecular weight is 372 g/mol. The Morgan fingerprint density at radius 1 is 1.19 bits per heavy atom. The molecule has 0 amide bonds. The van der Waals surface area contributed by atoms with Gasteiger partial charge in [-0.15, -0.1) is 0 Å². The molecule has 1 aromatic heterocycles. The summed E-state index contributed by atoms with van der Waals surface area (Å²) >= 11 is 5.24. The molecule has 7 heteroatoms. The van der Waals surface area contributed by atoms with Crippen LogP contribution in [0.4, 0.5) is 0 Å². The van der Waals surface area contributed by atoms with Crippen LogP contribution >= 0.6 is 12.2 Å². The lowest BCUT2D eigenvalue weighted by Crippen LogP contribution is -2.44. The average Bonchev–Trinajstić information content (AvgIpc) is 3.09. The zero-order valence-corrected chi connectivity index (χ0v) is 16.5. The van der Waals surface area contributed by atoms with Crippen LogP contribution < -0.4 is 20.2 Å². The molecule has 0 saturated carbocycles. The van der Waals surface area contributed by atoms with Crippen molar-refractivity contribution < 1.29 is 9.47 Å². The smallest absolute Gasteiger partial charge is 0.231 e. The predicted molar refractivity (Wildman–Crippen MR) is 108 cm³/mol. The number of benzene rings is 1. The largest absolute Gasteiger partial charge is 0.454 e. The van der Waals surface area contributed by atoms with Crippen molar-refractivity contribution in [3.05, 3.63) is 41.2 Å². The summed E-state index contributed by atoms with van der Waals surface area (Å²) in [7, 11) is 0. The number of nitrogens with one attached hydrogen (secondary N) is 2. The fraction of sp³-hybridized carbons (Fsp3) is 0.368. The molecule has 0 spiro atoms. The second-order valence-corrected chi connectivity index (χ2v) is 7.68. The number of hydrogen-bond acceptors (Lipinski definition) is 4. The lowest BCUT2D eigenvalue weighted by Gasteiger charge is -2.21. The first-order valence-electron chi connectivity index (χ1n) is 8.45. The van der Waals surface area contributed by atoms with Gasteiger partial charge in [0.25, 0.3) is 0 Å². The lowest BCUT2D eigenvalue weighted by molar-refractivity contribution is 0.174. The van der Waals surface area contributed by atoms with E-state index in [9.17, 15) is 0 Å². The Balaban J connectivity index is 1.78. The first-order chi connectivity index (χ1) is 12.2. The van der Waals surface area contributed by atoms with Crippen molar-refractivity contribution in [1.29, 1.82) is 0 Å². The van der Waals surface area contributed by atoms with Gasteiger partial charge in [-0.2, -0.15) is 5.10 Å². The topological polar surface area (TPSA) is 59.8 Å². The zero-order chi connectivity index (χ0) is 18.9. The van der Waals surface area contributed by atoms with Gasteiger partial charge in [-0.3, -0.25) is 5.43 Å². The Kier molecular flexibility index (Phi) is 4.91.